The summed E-state index contributed by atoms with van der Waals surface area (Å²) < 4.78 is 32.8. The molecule has 0 atom stereocenters. The van der Waals surface area contributed by atoms with E-state index >= 15 is 0 Å². The summed E-state index contributed by atoms with van der Waals surface area (Å²) in [5, 5.41) is 14.8. The van der Waals surface area contributed by atoms with Crippen LogP contribution >= 0.6 is 0 Å². The molecule has 4 saturated carbocycles. The van der Waals surface area contributed by atoms with E-state index < -0.39 is 22.0 Å². The van der Waals surface area contributed by atoms with E-state index in [1.54, 1.807) is 35.7 Å². The molecule has 6 rings (SSSR count). The predicted molar refractivity (Wildman–Crippen MR) is 119 cm³/mol. The van der Waals surface area contributed by atoms with Crippen LogP contribution in [0.4, 0.5) is 0 Å². The van der Waals surface area contributed by atoms with Crippen LogP contribution in [-0.4, -0.2) is 79.1 Å². The van der Waals surface area contributed by atoms with E-state index in [4.69, 9.17) is 24.5 Å². The number of benzene rings is 1. The minimum Gasteiger partial charge on any atom is -0.497 e. The van der Waals surface area contributed by atoms with Crippen LogP contribution in [0.1, 0.15) is 32.1 Å². The number of rotatable bonds is 4. The summed E-state index contributed by atoms with van der Waals surface area (Å²) in [6.07, 6.45) is 7.15. The van der Waals surface area contributed by atoms with Crippen molar-refractivity contribution in [1.82, 2.24) is 9.21 Å². The van der Waals surface area contributed by atoms with Crippen LogP contribution in [-0.2, 0) is 19.6 Å². The molecule has 0 amide bonds. The van der Waals surface area contributed by atoms with Crippen LogP contribution in [0.25, 0.3) is 0 Å². The third-order valence-electron chi connectivity index (χ3n) is 7.75. The third kappa shape index (κ3) is 5.02. The van der Waals surface area contributed by atoms with Gasteiger partial charge in [-0.05, 0) is 80.0 Å². The van der Waals surface area contributed by atoms with Crippen molar-refractivity contribution in [2.45, 2.75) is 43.0 Å². The maximum absolute atomic E-state index is 13.0. The summed E-state index contributed by atoms with van der Waals surface area (Å²) >= 11 is 0. The monoisotopic (exact) mass is 480 g/mol. The summed E-state index contributed by atoms with van der Waals surface area (Å²) in [4.78, 5) is 21.2. The number of aliphatic carboxylic acids is 2. The zero-order valence-electron chi connectivity index (χ0n) is 18.8. The maximum Gasteiger partial charge on any atom is 0.414 e. The van der Waals surface area contributed by atoms with Crippen molar-refractivity contribution < 1.29 is 33.0 Å². The third-order valence-corrected chi connectivity index (χ3v) is 9.66. The van der Waals surface area contributed by atoms with Crippen LogP contribution in [0.3, 0.4) is 0 Å². The molecule has 1 aromatic rings. The predicted octanol–water partition coefficient (Wildman–Crippen LogP) is 1.98. The molecule has 5 fully saturated rings. The number of carboxylic acids is 2. The Kier molecular flexibility index (Phi) is 6.97. The van der Waals surface area contributed by atoms with Crippen LogP contribution < -0.4 is 4.74 Å². The first-order valence-corrected chi connectivity index (χ1v) is 13.0. The summed E-state index contributed by atoms with van der Waals surface area (Å²) in [5.74, 6) is 0.739. The second-order valence-electron chi connectivity index (χ2n) is 9.65. The van der Waals surface area contributed by atoms with Crippen molar-refractivity contribution in [1.29, 1.82) is 0 Å². The van der Waals surface area contributed by atoms with Crippen molar-refractivity contribution in [2.75, 3.05) is 33.3 Å². The molecule has 1 aliphatic heterocycles. The quantitative estimate of drug-likeness (QED) is 0.627. The van der Waals surface area contributed by atoms with Gasteiger partial charge in [-0.15, -0.1) is 0 Å². The number of hydrogen-bond donors (Lipinski definition) is 2. The molecule has 4 bridgehead atoms. The van der Waals surface area contributed by atoms with Crippen LogP contribution in [0.15, 0.2) is 29.2 Å². The van der Waals surface area contributed by atoms with Gasteiger partial charge in [-0.1, -0.05) is 0 Å². The molecule has 0 unspecified atom stereocenters. The number of piperazine rings is 1. The molecule has 1 aromatic carbocycles. The lowest BCUT2D eigenvalue weighted by Gasteiger charge is -2.58. The lowest BCUT2D eigenvalue weighted by atomic mass is 9.54. The van der Waals surface area contributed by atoms with Gasteiger partial charge in [0.1, 0.15) is 5.75 Å². The largest absolute Gasteiger partial charge is 0.497 e. The van der Waals surface area contributed by atoms with Crippen molar-refractivity contribution in [3.8, 4) is 5.75 Å². The van der Waals surface area contributed by atoms with Crippen molar-refractivity contribution in [2.24, 2.45) is 23.7 Å². The molecule has 10 heteroatoms. The van der Waals surface area contributed by atoms with Gasteiger partial charge < -0.3 is 14.9 Å². The van der Waals surface area contributed by atoms with Gasteiger partial charge in [0.05, 0.1) is 12.0 Å². The highest BCUT2D eigenvalue weighted by atomic mass is 32.2. The Hall–Kier alpha value is -2.17. The van der Waals surface area contributed by atoms with E-state index in [9.17, 15) is 8.42 Å². The molecule has 4 aliphatic carbocycles. The molecule has 1 saturated heterocycles. The lowest BCUT2D eigenvalue weighted by Crippen LogP contribution is -2.60. The first-order chi connectivity index (χ1) is 15.7. The van der Waals surface area contributed by atoms with Crippen molar-refractivity contribution >= 4 is 22.0 Å². The number of carbonyl (C=O) groups is 2. The SMILES string of the molecule is COc1ccc(S(=O)(=O)N2CCN(C3C4CC5CC(C4)CC3C5)CC2)cc1.O=C(O)C(=O)O. The van der Waals surface area contributed by atoms with Gasteiger partial charge in [0.15, 0.2) is 0 Å². The Morgan fingerprint density at radius 1 is 0.848 bits per heavy atom. The summed E-state index contributed by atoms with van der Waals surface area (Å²) in [6.45, 7) is 2.97. The zero-order valence-corrected chi connectivity index (χ0v) is 19.6. The standard InChI is InChI=1S/C21H30N2O3S.C2H2O4/c1-26-19-2-4-20(5-3-19)27(24,25)23-8-6-22(7-9-23)21-17-11-15-10-16(13-17)14-18(21)12-15;3-1(4)2(5)6/h2-5,15-18,21H,6-14H2,1H3;(H,3,4)(H,5,6). The lowest BCUT2D eigenvalue weighted by molar-refractivity contribution is -0.159. The molecule has 0 aromatic heterocycles. The number of carboxylic acid groups (broad SMARTS) is 2. The van der Waals surface area contributed by atoms with Crippen LogP contribution in [0.5, 0.6) is 5.75 Å². The highest BCUT2D eigenvalue weighted by Gasteiger charge is 2.50. The van der Waals surface area contributed by atoms with Crippen LogP contribution in [0.2, 0.25) is 0 Å². The fourth-order valence-corrected chi connectivity index (χ4v) is 8.05. The Morgan fingerprint density at radius 2 is 1.33 bits per heavy atom. The molecule has 0 spiro atoms. The van der Waals surface area contributed by atoms with Gasteiger partial charge in [0.25, 0.3) is 0 Å². The van der Waals surface area contributed by atoms with Crippen LogP contribution in [0, 0.1) is 23.7 Å². The fraction of sp³-hybridized carbons (Fsp3) is 0.652. The minimum atomic E-state index is -3.41. The van der Waals surface area contributed by atoms with Gasteiger partial charge in [0.2, 0.25) is 10.0 Å². The normalized spacial score (nSPS) is 31.5. The first kappa shape index (κ1) is 24.0. The molecule has 33 heavy (non-hydrogen) atoms. The van der Waals surface area contributed by atoms with Gasteiger partial charge in [0, 0.05) is 32.2 Å². The Morgan fingerprint density at radius 3 is 1.76 bits per heavy atom. The number of hydrogen-bond acceptors (Lipinski definition) is 6. The van der Waals surface area contributed by atoms with Gasteiger partial charge >= 0.3 is 11.9 Å². The number of ether oxygens (including phenoxy) is 1. The Balaban J connectivity index is 0.000000385. The highest BCUT2D eigenvalue weighted by Crippen LogP contribution is 2.55. The maximum atomic E-state index is 13.0. The van der Waals surface area contributed by atoms with E-state index in [0.717, 1.165) is 36.8 Å². The summed E-state index contributed by atoms with van der Waals surface area (Å²) in [7, 11) is -1.82. The molecule has 182 valence electrons. The highest BCUT2D eigenvalue weighted by molar-refractivity contribution is 7.89. The van der Waals surface area contributed by atoms with E-state index in [1.165, 1.54) is 32.1 Å². The van der Waals surface area contributed by atoms with E-state index in [1.807, 2.05) is 0 Å². The second-order valence-corrected chi connectivity index (χ2v) is 11.6. The average molecular weight is 481 g/mol. The molecule has 9 nitrogen and oxygen atoms in total. The summed E-state index contributed by atoms with van der Waals surface area (Å²) in [6, 6.07) is 7.45. The van der Waals surface area contributed by atoms with Crippen molar-refractivity contribution in [3.63, 3.8) is 0 Å². The molecule has 0 radical (unpaired) electrons. The fourth-order valence-electron chi connectivity index (χ4n) is 6.63. The molecular weight excluding hydrogens is 448 g/mol. The molecule has 2 N–H and O–H groups in total. The van der Waals surface area contributed by atoms with E-state index in [0.29, 0.717) is 29.8 Å². The molecule has 5 aliphatic rings. The molecular formula is C23H32N2O7S. The smallest absolute Gasteiger partial charge is 0.414 e. The number of methoxy groups -OCH3 is 1. The van der Waals surface area contributed by atoms with Gasteiger partial charge in [-0.25, -0.2) is 18.0 Å². The molecule has 1 heterocycles. The van der Waals surface area contributed by atoms with E-state index in [2.05, 4.69) is 4.90 Å². The van der Waals surface area contributed by atoms with Crippen molar-refractivity contribution in [3.05, 3.63) is 24.3 Å². The number of sulfonamides is 1. The first-order valence-electron chi connectivity index (χ1n) is 11.5. The van der Waals surface area contributed by atoms with Gasteiger partial charge in [-0.2, -0.15) is 4.31 Å². The topological polar surface area (TPSA) is 124 Å². The number of nitrogens with zero attached hydrogens (tertiary/aromatic N) is 2. The average Bonchev–Trinajstić information content (AvgIpc) is 2.79. The zero-order chi connectivity index (χ0) is 23.8. The van der Waals surface area contributed by atoms with Gasteiger partial charge in [-0.3, -0.25) is 4.90 Å². The minimum absolute atomic E-state index is 0.367. The second kappa shape index (κ2) is 9.60. The summed E-state index contributed by atoms with van der Waals surface area (Å²) in [5.41, 5.74) is 0. The Labute approximate surface area is 194 Å². The Bertz CT molecular complexity index is 931. The van der Waals surface area contributed by atoms with E-state index in [-0.39, 0.29) is 0 Å².